The lowest BCUT2D eigenvalue weighted by Gasteiger charge is -2.18. The fourth-order valence-corrected chi connectivity index (χ4v) is 0.796. The summed E-state index contributed by atoms with van der Waals surface area (Å²) in [7, 11) is 0. The van der Waals surface area contributed by atoms with Crippen molar-refractivity contribution < 1.29 is 14.6 Å². The van der Waals surface area contributed by atoms with E-state index in [-0.39, 0.29) is 12.0 Å². The fraction of sp³-hybridized carbons (Fsp3) is 0.889. The van der Waals surface area contributed by atoms with Gasteiger partial charge in [-0.1, -0.05) is 0 Å². The van der Waals surface area contributed by atoms with E-state index >= 15 is 0 Å². The Bertz CT molecular complexity index is 163. The van der Waals surface area contributed by atoms with Crippen molar-refractivity contribution in [3.8, 4) is 0 Å². The van der Waals surface area contributed by atoms with E-state index in [1.54, 1.807) is 0 Å². The SMILES string of the molecule is CCOC(C)CNC(=O)C(C)(C)O. The van der Waals surface area contributed by atoms with Crippen LogP contribution in [0.5, 0.6) is 0 Å². The molecular weight excluding hydrogens is 170 g/mol. The van der Waals surface area contributed by atoms with E-state index in [1.165, 1.54) is 13.8 Å². The molecule has 0 rings (SSSR count). The molecule has 78 valence electrons. The van der Waals surface area contributed by atoms with Crippen LogP contribution in [0.25, 0.3) is 0 Å². The highest BCUT2D eigenvalue weighted by Gasteiger charge is 2.23. The smallest absolute Gasteiger partial charge is 0.251 e. The van der Waals surface area contributed by atoms with Crippen LogP contribution in [-0.4, -0.2) is 35.9 Å². The van der Waals surface area contributed by atoms with Crippen molar-refractivity contribution in [2.75, 3.05) is 13.2 Å². The quantitative estimate of drug-likeness (QED) is 0.654. The van der Waals surface area contributed by atoms with Crippen LogP contribution in [0.3, 0.4) is 0 Å². The van der Waals surface area contributed by atoms with Crippen molar-refractivity contribution in [3.05, 3.63) is 0 Å². The minimum Gasteiger partial charge on any atom is -0.381 e. The molecule has 0 aromatic heterocycles. The van der Waals surface area contributed by atoms with Gasteiger partial charge in [0, 0.05) is 13.2 Å². The lowest BCUT2D eigenvalue weighted by molar-refractivity contribution is -0.137. The third-order valence-electron chi connectivity index (χ3n) is 1.56. The molecular formula is C9H19NO3. The third kappa shape index (κ3) is 5.60. The molecule has 4 heteroatoms. The summed E-state index contributed by atoms with van der Waals surface area (Å²) >= 11 is 0. The summed E-state index contributed by atoms with van der Waals surface area (Å²) in [5.41, 5.74) is -1.31. The molecule has 1 unspecified atom stereocenters. The number of hydrogen-bond acceptors (Lipinski definition) is 3. The Morgan fingerprint density at radius 3 is 2.54 bits per heavy atom. The summed E-state index contributed by atoms with van der Waals surface area (Å²) < 4.78 is 5.21. The standard InChI is InChI=1S/C9H19NO3/c1-5-13-7(2)6-10-8(11)9(3,4)12/h7,12H,5-6H2,1-4H3,(H,10,11). The maximum absolute atomic E-state index is 11.2. The number of nitrogens with one attached hydrogen (secondary N) is 1. The van der Waals surface area contributed by atoms with E-state index in [9.17, 15) is 9.90 Å². The molecule has 0 spiro atoms. The van der Waals surface area contributed by atoms with Crippen LogP contribution in [-0.2, 0) is 9.53 Å². The highest BCUT2D eigenvalue weighted by Crippen LogP contribution is 2.00. The second-order valence-corrected chi connectivity index (χ2v) is 3.54. The number of amides is 1. The molecule has 0 saturated carbocycles. The number of ether oxygens (including phenoxy) is 1. The Labute approximate surface area is 79.3 Å². The first-order valence-corrected chi connectivity index (χ1v) is 4.50. The molecule has 1 amide bonds. The van der Waals surface area contributed by atoms with Crippen LogP contribution in [0.2, 0.25) is 0 Å². The lowest BCUT2D eigenvalue weighted by Crippen LogP contribution is -2.44. The maximum atomic E-state index is 11.2. The van der Waals surface area contributed by atoms with Gasteiger partial charge in [-0.25, -0.2) is 0 Å². The molecule has 13 heavy (non-hydrogen) atoms. The third-order valence-corrected chi connectivity index (χ3v) is 1.56. The molecule has 2 N–H and O–H groups in total. The van der Waals surface area contributed by atoms with Crippen LogP contribution in [0.4, 0.5) is 0 Å². The monoisotopic (exact) mass is 189 g/mol. The van der Waals surface area contributed by atoms with E-state index in [0.29, 0.717) is 13.2 Å². The minimum absolute atomic E-state index is 0.0173. The van der Waals surface area contributed by atoms with Gasteiger partial charge >= 0.3 is 0 Å². The van der Waals surface area contributed by atoms with Crippen LogP contribution in [0.1, 0.15) is 27.7 Å². The first kappa shape index (κ1) is 12.4. The van der Waals surface area contributed by atoms with Crippen molar-refractivity contribution in [3.63, 3.8) is 0 Å². The Morgan fingerprint density at radius 2 is 2.15 bits per heavy atom. The van der Waals surface area contributed by atoms with Crippen molar-refractivity contribution >= 4 is 5.91 Å². The highest BCUT2D eigenvalue weighted by molar-refractivity contribution is 5.83. The second-order valence-electron chi connectivity index (χ2n) is 3.54. The summed E-state index contributed by atoms with van der Waals surface area (Å²) in [6.45, 7) is 7.72. The summed E-state index contributed by atoms with van der Waals surface area (Å²) in [5, 5.41) is 11.9. The van der Waals surface area contributed by atoms with Gasteiger partial charge in [0.05, 0.1) is 6.10 Å². The molecule has 1 atom stereocenters. The second kappa shape index (κ2) is 5.19. The predicted octanol–water partition coefficient (Wildman–Crippen LogP) is 0.298. The van der Waals surface area contributed by atoms with Crippen molar-refractivity contribution in [2.24, 2.45) is 0 Å². The van der Waals surface area contributed by atoms with Gasteiger partial charge in [0.1, 0.15) is 5.60 Å². The normalized spacial score (nSPS) is 13.9. The van der Waals surface area contributed by atoms with Crippen molar-refractivity contribution in [1.29, 1.82) is 0 Å². The van der Waals surface area contributed by atoms with Gasteiger partial charge in [-0.2, -0.15) is 0 Å². The Morgan fingerprint density at radius 1 is 1.62 bits per heavy atom. The Hall–Kier alpha value is -0.610. The van der Waals surface area contributed by atoms with Gasteiger partial charge in [0.2, 0.25) is 0 Å². The zero-order valence-corrected chi connectivity index (χ0v) is 8.76. The summed E-state index contributed by atoms with van der Waals surface area (Å²) in [6, 6.07) is 0. The van der Waals surface area contributed by atoms with Gasteiger partial charge < -0.3 is 15.2 Å². The molecule has 0 bridgehead atoms. The molecule has 0 aromatic rings. The lowest BCUT2D eigenvalue weighted by atomic mass is 10.1. The van der Waals surface area contributed by atoms with Crippen LogP contribution < -0.4 is 5.32 Å². The van der Waals surface area contributed by atoms with Crippen LogP contribution in [0.15, 0.2) is 0 Å². The Balaban J connectivity index is 3.71. The van der Waals surface area contributed by atoms with E-state index in [2.05, 4.69) is 5.32 Å². The average molecular weight is 189 g/mol. The summed E-state index contributed by atoms with van der Waals surface area (Å²) in [6.07, 6.45) is -0.0173. The molecule has 0 radical (unpaired) electrons. The predicted molar refractivity (Wildman–Crippen MR) is 50.4 cm³/mol. The number of aliphatic hydroxyl groups is 1. The van der Waals surface area contributed by atoms with Gasteiger partial charge in [-0.3, -0.25) is 4.79 Å². The van der Waals surface area contributed by atoms with Gasteiger partial charge in [-0.05, 0) is 27.7 Å². The molecule has 0 aliphatic heterocycles. The fourth-order valence-electron chi connectivity index (χ4n) is 0.796. The average Bonchev–Trinajstić information content (AvgIpc) is 1.99. The van der Waals surface area contributed by atoms with E-state index in [1.807, 2.05) is 13.8 Å². The van der Waals surface area contributed by atoms with Crippen LogP contribution >= 0.6 is 0 Å². The highest BCUT2D eigenvalue weighted by atomic mass is 16.5. The first-order valence-electron chi connectivity index (χ1n) is 4.50. The first-order chi connectivity index (χ1) is 5.88. The van der Waals surface area contributed by atoms with Crippen molar-refractivity contribution in [1.82, 2.24) is 5.32 Å². The molecule has 0 heterocycles. The largest absolute Gasteiger partial charge is 0.381 e. The number of carbonyl (C=O) groups excluding carboxylic acids is 1. The molecule has 0 aliphatic carbocycles. The number of carbonyl (C=O) groups is 1. The molecule has 0 fully saturated rings. The topological polar surface area (TPSA) is 58.6 Å². The van der Waals surface area contributed by atoms with E-state index < -0.39 is 5.60 Å². The van der Waals surface area contributed by atoms with Crippen LogP contribution in [0, 0.1) is 0 Å². The van der Waals surface area contributed by atoms with E-state index in [0.717, 1.165) is 0 Å². The summed E-state index contributed by atoms with van der Waals surface area (Å²) in [4.78, 5) is 11.2. The van der Waals surface area contributed by atoms with E-state index in [4.69, 9.17) is 4.74 Å². The number of rotatable bonds is 5. The van der Waals surface area contributed by atoms with Gasteiger partial charge in [-0.15, -0.1) is 0 Å². The molecule has 0 aliphatic rings. The van der Waals surface area contributed by atoms with Crippen molar-refractivity contribution in [2.45, 2.75) is 39.4 Å². The zero-order valence-electron chi connectivity index (χ0n) is 8.76. The minimum atomic E-state index is -1.31. The maximum Gasteiger partial charge on any atom is 0.251 e. The van der Waals surface area contributed by atoms with Gasteiger partial charge in [0.15, 0.2) is 0 Å². The number of hydrogen-bond donors (Lipinski definition) is 2. The molecule has 0 saturated heterocycles. The summed E-state index contributed by atoms with van der Waals surface area (Å²) in [5.74, 6) is -0.376. The molecule has 4 nitrogen and oxygen atoms in total. The Kier molecular flexibility index (Phi) is 4.95. The zero-order chi connectivity index (χ0) is 10.5. The molecule has 0 aromatic carbocycles. The van der Waals surface area contributed by atoms with Gasteiger partial charge in [0.25, 0.3) is 5.91 Å².